The number of carbonyl (C=O) groups is 1. The van der Waals surface area contributed by atoms with Gasteiger partial charge < -0.3 is 15.4 Å². The topological polar surface area (TPSA) is 50.4 Å². The number of aryl methyl sites for hydroxylation is 1. The van der Waals surface area contributed by atoms with Crippen LogP contribution in [0.5, 0.6) is 0 Å². The van der Waals surface area contributed by atoms with Gasteiger partial charge in [-0.05, 0) is 73.4 Å². The Morgan fingerprint density at radius 2 is 1.50 bits per heavy atom. The van der Waals surface area contributed by atoms with Crippen molar-refractivity contribution in [1.82, 2.24) is 0 Å². The fraction of sp³-hybridized carbons (Fsp3) is 0.333. The standard InChI is InChI=1S/C21H26N2O2S/c1-3-5-6-16-7-11-18(12-8-16)22-21(26)23-19-13-9-17(10-14-19)20(24)25-15-4-2/h7-14H,3-6,15H2,1-2H3,(H2,22,23,26). The summed E-state index contributed by atoms with van der Waals surface area (Å²) in [5, 5.41) is 6.79. The van der Waals surface area contributed by atoms with E-state index < -0.39 is 0 Å². The number of nitrogens with one attached hydrogen (secondary N) is 2. The lowest BCUT2D eigenvalue weighted by Gasteiger charge is -2.11. The van der Waals surface area contributed by atoms with E-state index in [-0.39, 0.29) is 5.97 Å². The summed E-state index contributed by atoms with van der Waals surface area (Å²) < 4.78 is 5.11. The third-order valence-electron chi connectivity index (χ3n) is 3.85. The molecule has 0 unspecified atom stereocenters. The van der Waals surface area contributed by atoms with Crippen LogP contribution in [0.1, 0.15) is 49.0 Å². The van der Waals surface area contributed by atoms with Crippen LogP contribution in [0.25, 0.3) is 0 Å². The Balaban J connectivity index is 1.86. The number of unbranched alkanes of at least 4 members (excludes halogenated alkanes) is 1. The van der Waals surface area contributed by atoms with Crippen LogP contribution in [-0.4, -0.2) is 17.7 Å². The molecule has 138 valence electrons. The lowest BCUT2D eigenvalue weighted by Crippen LogP contribution is -2.19. The van der Waals surface area contributed by atoms with Crippen molar-refractivity contribution in [2.75, 3.05) is 17.2 Å². The van der Waals surface area contributed by atoms with E-state index in [1.165, 1.54) is 18.4 Å². The number of carbonyl (C=O) groups excluding carboxylic acids is 1. The van der Waals surface area contributed by atoms with Crippen LogP contribution in [-0.2, 0) is 11.2 Å². The molecule has 0 fully saturated rings. The van der Waals surface area contributed by atoms with Gasteiger partial charge >= 0.3 is 5.97 Å². The SMILES string of the molecule is CCCCc1ccc(NC(=S)Nc2ccc(C(=O)OCCC)cc2)cc1. The third kappa shape index (κ3) is 6.48. The van der Waals surface area contributed by atoms with Gasteiger partial charge in [0, 0.05) is 11.4 Å². The Morgan fingerprint density at radius 1 is 0.923 bits per heavy atom. The molecule has 0 atom stereocenters. The van der Waals surface area contributed by atoms with Crippen molar-refractivity contribution in [2.45, 2.75) is 39.5 Å². The van der Waals surface area contributed by atoms with Gasteiger partial charge in [-0.3, -0.25) is 0 Å². The molecule has 2 aromatic rings. The van der Waals surface area contributed by atoms with E-state index in [1.54, 1.807) is 12.1 Å². The highest BCUT2D eigenvalue weighted by Crippen LogP contribution is 2.14. The van der Waals surface area contributed by atoms with E-state index in [0.717, 1.165) is 24.2 Å². The van der Waals surface area contributed by atoms with Gasteiger partial charge in [0.05, 0.1) is 12.2 Å². The number of rotatable bonds is 8. The van der Waals surface area contributed by atoms with Crippen LogP contribution in [0.4, 0.5) is 11.4 Å². The zero-order valence-electron chi connectivity index (χ0n) is 15.4. The molecule has 0 bridgehead atoms. The van der Waals surface area contributed by atoms with Crippen molar-refractivity contribution in [1.29, 1.82) is 0 Å². The maximum absolute atomic E-state index is 11.8. The zero-order chi connectivity index (χ0) is 18.8. The number of esters is 1. The first-order valence-corrected chi connectivity index (χ1v) is 9.47. The van der Waals surface area contributed by atoms with Crippen LogP contribution in [0.15, 0.2) is 48.5 Å². The normalized spacial score (nSPS) is 10.2. The summed E-state index contributed by atoms with van der Waals surface area (Å²) in [6, 6.07) is 15.4. The van der Waals surface area contributed by atoms with Crippen LogP contribution in [0.2, 0.25) is 0 Å². The number of benzene rings is 2. The summed E-state index contributed by atoms with van der Waals surface area (Å²) in [7, 11) is 0. The number of hydrogen-bond donors (Lipinski definition) is 2. The van der Waals surface area contributed by atoms with E-state index in [1.807, 2.05) is 31.2 Å². The highest BCUT2D eigenvalue weighted by Gasteiger charge is 2.06. The fourth-order valence-corrected chi connectivity index (χ4v) is 2.63. The molecule has 0 saturated heterocycles. The summed E-state index contributed by atoms with van der Waals surface area (Å²) >= 11 is 5.35. The van der Waals surface area contributed by atoms with Crippen molar-refractivity contribution in [3.8, 4) is 0 Å². The summed E-state index contributed by atoms with van der Waals surface area (Å²) in [5.74, 6) is -0.303. The molecule has 0 saturated carbocycles. The van der Waals surface area contributed by atoms with E-state index in [2.05, 4.69) is 29.7 Å². The largest absolute Gasteiger partial charge is 0.462 e. The molecule has 2 aromatic carbocycles. The second kappa shape index (κ2) is 10.6. The molecular weight excluding hydrogens is 344 g/mol. The van der Waals surface area contributed by atoms with Crippen molar-refractivity contribution < 1.29 is 9.53 Å². The van der Waals surface area contributed by atoms with Gasteiger partial charge in [0.2, 0.25) is 0 Å². The van der Waals surface area contributed by atoms with Gasteiger partial charge in [0.25, 0.3) is 0 Å². The van der Waals surface area contributed by atoms with Gasteiger partial charge in [-0.2, -0.15) is 0 Å². The smallest absolute Gasteiger partial charge is 0.338 e. The lowest BCUT2D eigenvalue weighted by atomic mass is 10.1. The Hall–Kier alpha value is -2.40. The fourth-order valence-electron chi connectivity index (χ4n) is 2.40. The average molecular weight is 371 g/mol. The van der Waals surface area contributed by atoms with Gasteiger partial charge in [-0.15, -0.1) is 0 Å². The van der Waals surface area contributed by atoms with Crippen molar-refractivity contribution >= 4 is 34.7 Å². The number of ether oxygens (including phenoxy) is 1. The van der Waals surface area contributed by atoms with Gasteiger partial charge in [-0.1, -0.05) is 32.4 Å². The van der Waals surface area contributed by atoms with E-state index in [4.69, 9.17) is 17.0 Å². The molecule has 4 nitrogen and oxygen atoms in total. The quantitative estimate of drug-likeness (QED) is 0.481. The number of thiocarbonyl (C=S) groups is 1. The number of hydrogen-bond acceptors (Lipinski definition) is 3. The predicted molar refractivity (Wildman–Crippen MR) is 112 cm³/mol. The van der Waals surface area contributed by atoms with Crippen molar-refractivity contribution in [3.05, 3.63) is 59.7 Å². The highest BCUT2D eigenvalue weighted by molar-refractivity contribution is 7.80. The molecule has 2 rings (SSSR count). The first kappa shape index (κ1) is 19.9. The van der Waals surface area contributed by atoms with Gasteiger partial charge in [0.1, 0.15) is 0 Å². The monoisotopic (exact) mass is 370 g/mol. The second-order valence-corrected chi connectivity index (χ2v) is 6.50. The first-order valence-electron chi connectivity index (χ1n) is 9.06. The minimum Gasteiger partial charge on any atom is -0.462 e. The highest BCUT2D eigenvalue weighted by atomic mass is 32.1. The Labute approximate surface area is 161 Å². The summed E-state index contributed by atoms with van der Waals surface area (Å²) in [5.41, 5.74) is 3.63. The van der Waals surface area contributed by atoms with Crippen molar-refractivity contribution in [2.24, 2.45) is 0 Å². The molecule has 0 heterocycles. The van der Waals surface area contributed by atoms with Crippen LogP contribution in [0, 0.1) is 0 Å². The maximum Gasteiger partial charge on any atom is 0.338 e. The molecule has 2 N–H and O–H groups in total. The molecule has 0 aromatic heterocycles. The average Bonchev–Trinajstić information content (AvgIpc) is 2.66. The minimum atomic E-state index is -0.303. The molecule has 5 heteroatoms. The zero-order valence-corrected chi connectivity index (χ0v) is 16.2. The lowest BCUT2D eigenvalue weighted by molar-refractivity contribution is 0.0505. The first-order chi connectivity index (χ1) is 12.6. The molecule has 0 aliphatic heterocycles. The van der Waals surface area contributed by atoms with Gasteiger partial charge in [0.15, 0.2) is 5.11 Å². The molecule has 0 aliphatic rings. The van der Waals surface area contributed by atoms with Gasteiger partial charge in [-0.25, -0.2) is 4.79 Å². The maximum atomic E-state index is 11.8. The summed E-state index contributed by atoms with van der Waals surface area (Å²) in [6.45, 7) is 4.60. The Bertz CT molecular complexity index is 712. The molecule has 0 amide bonds. The van der Waals surface area contributed by atoms with Crippen LogP contribution >= 0.6 is 12.2 Å². The summed E-state index contributed by atoms with van der Waals surface area (Å²) in [6.07, 6.45) is 4.31. The molecule has 26 heavy (non-hydrogen) atoms. The molecule has 0 aliphatic carbocycles. The van der Waals surface area contributed by atoms with Crippen molar-refractivity contribution in [3.63, 3.8) is 0 Å². The second-order valence-electron chi connectivity index (χ2n) is 6.09. The van der Waals surface area contributed by atoms with E-state index in [9.17, 15) is 4.79 Å². The van der Waals surface area contributed by atoms with E-state index >= 15 is 0 Å². The summed E-state index contributed by atoms with van der Waals surface area (Å²) in [4.78, 5) is 11.8. The Kier molecular flexibility index (Phi) is 8.09. The molecule has 0 radical (unpaired) electrons. The minimum absolute atomic E-state index is 0.303. The third-order valence-corrected chi connectivity index (χ3v) is 4.05. The van der Waals surface area contributed by atoms with Crippen LogP contribution in [0.3, 0.4) is 0 Å². The number of anilines is 2. The Morgan fingerprint density at radius 3 is 2.04 bits per heavy atom. The van der Waals surface area contributed by atoms with Crippen LogP contribution < -0.4 is 10.6 Å². The molecule has 0 spiro atoms. The van der Waals surface area contributed by atoms with E-state index in [0.29, 0.717) is 17.3 Å². The predicted octanol–water partition coefficient (Wildman–Crippen LogP) is 5.40. The molecular formula is C21H26N2O2S.